The van der Waals surface area contributed by atoms with Crippen molar-refractivity contribution in [2.45, 2.75) is 26.8 Å². The number of amides is 3. The van der Waals surface area contributed by atoms with Crippen LogP contribution in [0.15, 0.2) is 42.5 Å². The molecule has 0 spiro atoms. The van der Waals surface area contributed by atoms with Crippen molar-refractivity contribution in [3.05, 3.63) is 53.6 Å². The SMILES string of the molecule is CC(C)CC(=O)Nc1cccc(CNC(=O)CNC(=O)c2ccc3c(c2)OCO3)c1. The van der Waals surface area contributed by atoms with Gasteiger partial charge in [0.15, 0.2) is 11.5 Å². The van der Waals surface area contributed by atoms with Crippen molar-refractivity contribution in [2.24, 2.45) is 5.92 Å². The molecule has 2 aromatic carbocycles. The summed E-state index contributed by atoms with van der Waals surface area (Å²) in [6.45, 7) is 4.23. The first-order valence-electron chi connectivity index (χ1n) is 9.74. The molecule has 0 radical (unpaired) electrons. The number of ether oxygens (including phenoxy) is 2. The van der Waals surface area contributed by atoms with Gasteiger partial charge in [-0.1, -0.05) is 26.0 Å². The minimum Gasteiger partial charge on any atom is -0.454 e. The summed E-state index contributed by atoms with van der Waals surface area (Å²) < 4.78 is 10.5. The number of carbonyl (C=O) groups is 3. The Labute approximate surface area is 174 Å². The summed E-state index contributed by atoms with van der Waals surface area (Å²) in [5, 5.41) is 8.18. The van der Waals surface area contributed by atoms with Crippen LogP contribution in [0.5, 0.6) is 11.5 Å². The van der Waals surface area contributed by atoms with Crippen molar-refractivity contribution >= 4 is 23.4 Å². The largest absolute Gasteiger partial charge is 0.454 e. The number of hydrogen-bond donors (Lipinski definition) is 3. The maximum Gasteiger partial charge on any atom is 0.251 e. The van der Waals surface area contributed by atoms with Crippen molar-refractivity contribution in [2.75, 3.05) is 18.7 Å². The van der Waals surface area contributed by atoms with E-state index in [1.807, 2.05) is 32.0 Å². The summed E-state index contributed by atoms with van der Waals surface area (Å²) in [5.41, 5.74) is 1.91. The van der Waals surface area contributed by atoms with Gasteiger partial charge >= 0.3 is 0 Å². The van der Waals surface area contributed by atoms with Gasteiger partial charge in [-0.15, -0.1) is 0 Å². The van der Waals surface area contributed by atoms with Gasteiger partial charge in [-0.2, -0.15) is 0 Å². The van der Waals surface area contributed by atoms with E-state index in [4.69, 9.17) is 9.47 Å². The lowest BCUT2D eigenvalue weighted by Crippen LogP contribution is -2.36. The molecule has 2 aromatic rings. The van der Waals surface area contributed by atoms with Crippen LogP contribution in [-0.4, -0.2) is 31.1 Å². The predicted molar refractivity (Wildman–Crippen MR) is 111 cm³/mol. The lowest BCUT2D eigenvalue weighted by Gasteiger charge is -2.10. The topological polar surface area (TPSA) is 106 Å². The van der Waals surface area contributed by atoms with Gasteiger partial charge in [-0.05, 0) is 41.8 Å². The molecule has 3 amide bonds. The molecule has 0 aromatic heterocycles. The van der Waals surface area contributed by atoms with Crippen LogP contribution in [-0.2, 0) is 16.1 Å². The van der Waals surface area contributed by atoms with Gasteiger partial charge in [-0.25, -0.2) is 0 Å². The molecule has 1 aliphatic rings. The second-order valence-electron chi connectivity index (χ2n) is 7.37. The molecule has 3 rings (SSSR count). The molecule has 3 N–H and O–H groups in total. The number of hydrogen-bond acceptors (Lipinski definition) is 5. The Kier molecular flexibility index (Phi) is 6.90. The standard InChI is InChI=1S/C22H25N3O5/c1-14(2)8-20(26)25-17-5-3-4-15(9-17)11-23-21(27)12-24-22(28)16-6-7-18-19(10-16)30-13-29-18/h3-7,9-10,14H,8,11-13H2,1-2H3,(H,23,27)(H,24,28)(H,25,26). The van der Waals surface area contributed by atoms with E-state index in [-0.39, 0.29) is 43.5 Å². The molecule has 0 atom stereocenters. The van der Waals surface area contributed by atoms with Crippen LogP contribution in [0.25, 0.3) is 0 Å². The molecule has 158 valence electrons. The number of rotatable bonds is 8. The number of nitrogens with one attached hydrogen (secondary N) is 3. The van der Waals surface area contributed by atoms with Crippen LogP contribution < -0.4 is 25.4 Å². The normalized spacial score (nSPS) is 11.8. The number of fused-ring (bicyclic) bond motifs is 1. The average Bonchev–Trinajstić information content (AvgIpc) is 3.18. The molecular weight excluding hydrogens is 386 g/mol. The summed E-state index contributed by atoms with van der Waals surface area (Å²) in [5.74, 6) is 0.633. The van der Waals surface area contributed by atoms with Gasteiger partial charge < -0.3 is 25.4 Å². The lowest BCUT2D eigenvalue weighted by atomic mass is 10.1. The Balaban J connectivity index is 1.45. The molecule has 1 heterocycles. The van der Waals surface area contributed by atoms with Gasteiger partial charge in [0.25, 0.3) is 5.91 Å². The molecule has 30 heavy (non-hydrogen) atoms. The van der Waals surface area contributed by atoms with E-state index in [0.29, 0.717) is 29.2 Å². The molecule has 0 unspecified atom stereocenters. The lowest BCUT2D eigenvalue weighted by molar-refractivity contribution is -0.120. The quantitative estimate of drug-likeness (QED) is 0.619. The Morgan fingerprint density at radius 1 is 0.967 bits per heavy atom. The number of anilines is 1. The van der Waals surface area contributed by atoms with Gasteiger partial charge in [0.05, 0.1) is 6.54 Å². The van der Waals surface area contributed by atoms with E-state index in [9.17, 15) is 14.4 Å². The van der Waals surface area contributed by atoms with Crippen molar-refractivity contribution in [3.8, 4) is 11.5 Å². The van der Waals surface area contributed by atoms with Crippen molar-refractivity contribution in [1.82, 2.24) is 10.6 Å². The van der Waals surface area contributed by atoms with Crippen LogP contribution in [0.2, 0.25) is 0 Å². The highest BCUT2D eigenvalue weighted by molar-refractivity contribution is 5.97. The first-order valence-corrected chi connectivity index (χ1v) is 9.74. The van der Waals surface area contributed by atoms with Gasteiger partial charge in [0.1, 0.15) is 0 Å². The Morgan fingerprint density at radius 3 is 2.57 bits per heavy atom. The van der Waals surface area contributed by atoms with Crippen molar-refractivity contribution < 1.29 is 23.9 Å². The van der Waals surface area contributed by atoms with Crippen LogP contribution in [0.3, 0.4) is 0 Å². The fraction of sp³-hybridized carbons (Fsp3) is 0.318. The molecule has 8 heteroatoms. The predicted octanol–water partition coefficient (Wildman–Crippen LogP) is 2.45. The third kappa shape index (κ3) is 5.97. The van der Waals surface area contributed by atoms with Gasteiger partial charge in [-0.3, -0.25) is 14.4 Å². The second-order valence-corrected chi connectivity index (χ2v) is 7.37. The van der Waals surface area contributed by atoms with Gasteiger partial charge in [0, 0.05) is 24.2 Å². The van der Waals surface area contributed by atoms with E-state index < -0.39 is 0 Å². The summed E-state index contributed by atoms with van der Waals surface area (Å²) in [6.07, 6.45) is 0.448. The Bertz CT molecular complexity index is 942. The zero-order valence-corrected chi connectivity index (χ0v) is 17.0. The zero-order valence-electron chi connectivity index (χ0n) is 17.0. The summed E-state index contributed by atoms with van der Waals surface area (Å²) in [6, 6.07) is 12.1. The molecule has 0 saturated carbocycles. The first-order chi connectivity index (χ1) is 14.4. The Morgan fingerprint density at radius 2 is 1.77 bits per heavy atom. The van der Waals surface area contributed by atoms with E-state index in [1.54, 1.807) is 24.3 Å². The first kappa shape index (κ1) is 21.2. The van der Waals surface area contributed by atoms with Crippen LogP contribution in [0.4, 0.5) is 5.69 Å². The maximum absolute atomic E-state index is 12.2. The average molecular weight is 411 g/mol. The zero-order chi connectivity index (χ0) is 21.5. The summed E-state index contributed by atoms with van der Waals surface area (Å²) >= 11 is 0. The smallest absolute Gasteiger partial charge is 0.251 e. The molecular formula is C22H25N3O5. The highest BCUT2D eigenvalue weighted by atomic mass is 16.7. The second kappa shape index (κ2) is 9.78. The van der Waals surface area contributed by atoms with Crippen LogP contribution in [0.1, 0.15) is 36.2 Å². The minimum absolute atomic E-state index is 0.0441. The summed E-state index contributed by atoms with van der Waals surface area (Å²) in [7, 11) is 0. The number of carbonyl (C=O) groups excluding carboxylic acids is 3. The Hall–Kier alpha value is -3.55. The highest BCUT2D eigenvalue weighted by Gasteiger charge is 2.16. The molecule has 0 saturated heterocycles. The number of benzene rings is 2. The molecule has 0 bridgehead atoms. The third-order valence-corrected chi connectivity index (χ3v) is 4.34. The van der Waals surface area contributed by atoms with Crippen LogP contribution in [0, 0.1) is 5.92 Å². The van der Waals surface area contributed by atoms with E-state index in [1.165, 1.54) is 0 Å². The maximum atomic E-state index is 12.2. The van der Waals surface area contributed by atoms with Gasteiger partial charge in [0.2, 0.25) is 18.6 Å². The van der Waals surface area contributed by atoms with E-state index >= 15 is 0 Å². The fourth-order valence-corrected chi connectivity index (χ4v) is 2.91. The van der Waals surface area contributed by atoms with Crippen LogP contribution >= 0.6 is 0 Å². The molecule has 0 aliphatic carbocycles. The fourth-order valence-electron chi connectivity index (χ4n) is 2.91. The molecule has 0 fully saturated rings. The monoisotopic (exact) mass is 411 g/mol. The van der Waals surface area contributed by atoms with E-state index in [0.717, 1.165) is 5.56 Å². The van der Waals surface area contributed by atoms with Crippen molar-refractivity contribution in [1.29, 1.82) is 0 Å². The highest BCUT2D eigenvalue weighted by Crippen LogP contribution is 2.32. The minimum atomic E-state index is -0.377. The van der Waals surface area contributed by atoms with E-state index in [2.05, 4.69) is 16.0 Å². The molecule has 1 aliphatic heterocycles. The third-order valence-electron chi connectivity index (χ3n) is 4.34. The van der Waals surface area contributed by atoms with Crippen molar-refractivity contribution in [3.63, 3.8) is 0 Å². The summed E-state index contributed by atoms with van der Waals surface area (Å²) in [4.78, 5) is 36.2. The molecule has 8 nitrogen and oxygen atoms in total.